The first-order chi connectivity index (χ1) is 24.8. The van der Waals surface area contributed by atoms with E-state index < -0.39 is 0 Å². The number of para-hydroxylation sites is 1. The lowest BCUT2D eigenvalue weighted by Crippen LogP contribution is -1.92. The van der Waals surface area contributed by atoms with E-state index in [1.165, 1.54) is 49.4 Å². The summed E-state index contributed by atoms with van der Waals surface area (Å²) in [6, 6.07) is 62.7. The van der Waals surface area contributed by atoms with Gasteiger partial charge in [0, 0.05) is 16.2 Å². The van der Waals surface area contributed by atoms with Gasteiger partial charge in [0.15, 0.2) is 0 Å². The summed E-state index contributed by atoms with van der Waals surface area (Å²) in [6.45, 7) is 0. The van der Waals surface area contributed by atoms with Crippen molar-refractivity contribution in [2.45, 2.75) is 0 Å². The molecule has 0 radical (unpaired) electrons. The van der Waals surface area contributed by atoms with Crippen LogP contribution in [0.15, 0.2) is 186 Å². The van der Waals surface area contributed by atoms with Crippen LogP contribution in [0.5, 0.6) is 0 Å². The van der Waals surface area contributed by atoms with Crippen LogP contribution in [0.3, 0.4) is 0 Å². The highest BCUT2D eigenvalue weighted by Gasteiger charge is 2.19. The molecule has 1 heteroatoms. The molecule has 0 saturated heterocycles. The molecular formula is C48H30O. The third-order valence-electron chi connectivity index (χ3n) is 9.96. The minimum absolute atomic E-state index is 0.494. The molecule has 0 spiro atoms. The zero-order chi connectivity index (χ0) is 33.2. The third-order valence-corrected chi connectivity index (χ3v) is 9.96. The number of hydrogen-bond acceptors (Lipinski definition) is 1. The Hall–Kier alpha value is -6.44. The highest BCUT2D eigenvalue weighted by molar-refractivity contribution is 6.23. The number of furan rings is 1. The minimum atomic E-state index is 0.494. The van der Waals surface area contributed by atoms with Crippen LogP contribution >= 0.6 is 0 Å². The molecule has 1 heterocycles. The maximum Gasteiger partial charge on any atom is 0.143 e. The molecule has 10 aromatic rings. The first-order valence-electron chi connectivity index (χ1n) is 17.3. The van der Waals surface area contributed by atoms with Crippen molar-refractivity contribution in [3.05, 3.63) is 182 Å². The van der Waals surface area contributed by atoms with E-state index in [-0.39, 0.29) is 0 Å². The lowest BCUT2D eigenvalue weighted by molar-refractivity contribution is 0.672. The van der Waals surface area contributed by atoms with Crippen LogP contribution in [-0.4, -0.2) is 0 Å². The first kappa shape index (κ1) is 26.6. The monoisotopic (exact) mass is 623 g/mol. The lowest BCUT2D eigenvalue weighted by Gasteiger charge is -2.20. The Labute approximate surface area is 285 Å². The van der Waals surface area contributed by atoms with Crippen molar-refractivity contribution in [2.24, 2.45) is 0 Å². The van der Waals surface area contributed by atoms with Crippen LogP contribution in [0.2, 0.25) is 0 Å². The molecule has 0 saturated carbocycles. The van der Waals surface area contributed by atoms with Gasteiger partial charge >= 0.3 is 0 Å². The van der Waals surface area contributed by atoms with Gasteiger partial charge in [-0.05, 0) is 83.5 Å². The van der Waals surface area contributed by atoms with Gasteiger partial charge in [0.2, 0.25) is 0 Å². The van der Waals surface area contributed by atoms with Gasteiger partial charge in [0.25, 0.3) is 0 Å². The van der Waals surface area contributed by atoms with E-state index >= 15 is 0 Å². The van der Waals surface area contributed by atoms with Crippen LogP contribution in [0.4, 0.5) is 0 Å². The average molecular weight is 624 g/mol. The van der Waals surface area contributed by atoms with Crippen LogP contribution < -0.4 is 0 Å². The molecule has 10 rings (SSSR count). The van der Waals surface area contributed by atoms with Crippen LogP contribution in [-0.2, 0) is 0 Å². The largest absolute Gasteiger partial charge is 0.455 e. The summed E-state index contributed by atoms with van der Waals surface area (Å²) < 4.78 is 15.9. The molecule has 9 aromatic carbocycles. The van der Waals surface area contributed by atoms with Gasteiger partial charge in [-0.3, -0.25) is 0 Å². The molecule has 0 amide bonds. The second-order valence-corrected chi connectivity index (χ2v) is 12.7. The average Bonchev–Trinajstić information content (AvgIpc) is 3.58. The second-order valence-electron chi connectivity index (χ2n) is 12.7. The van der Waals surface area contributed by atoms with Crippen LogP contribution in [0.25, 0.3) is 98.8 Å². The fraction of sp³-hybridized carbons (Fsp3) is 0. The van der Waals surface area contributed by atoms with Crippen molar-refractivity contribution < 1.29 is 5.79 Å². The smallest absolute Gasteiger partial charge is 0.143 e. The molecule has 1 nitrogen and oxygen atoms in total. The van der Waals surface area contributed by atoms with Crippen LogP contribution in [0, 0.1) is 0 Å². The summed E-state index contributed by atoms with van der Waals surface area (Å²) in [4.78, 5) is 0. The summed E-state index contributed by atoms with van der Waals surface area (Å²) in [6.07, 6.45) is 0. The summed E-state index contributed by atoms with van der Waals surface area (Å²) in [5, 5.41) is 8.77. The SMILES string of the molecule is [2H]c1c(-c2ccc(-c3c4ccccc4c(-c4ccccc4-c4ccccc4)c4ccccc34)cc2)c2ccccc2c2oc3ccccc3c12. The second kappa shape index (κ2) is 11.1. The maximum atomic E-state index is 9.52. The quantitative estimate of drug-likeness (QED) is 0.178. The third kappa shape index (κ3) is 4.33. The summed E-state index contributed by atoms with van der Waals surface area (Å²) in [5.74, 6) is 0. The van der Waals surface area contributed by atoms with Gasteiger partial charge in [-0.2, -0.15) is 0 Å². The molecule has 0 fully saturated rings. The molecule has 0 atom stereocenters. The van der Waals surface area contributed by atoms with E-state index in [2.05, 4.69) is 146 Å². The molecule has 0 aliphatic carbocycles. The van der Waals surface area contributed by atoms with E-state index in [0.29, 0.717) is 6.04 Å². The van der Waals surface area contributed by atoms with Gasteiger partial charge in [0.05, 0.1) is 1.37 Å². The van der Waals surface area contributed by atoms with Crippen molar-refractivity contribution in [1.29, 1.82) is 0 Å². The molecule has 1 aromatic heterocycles. The molecule has 49 heavy (non-hydrogen) atoms. The van der Waals surface area contributed by atoms with E-state index in [1.807, 2.05) is 30.3 Å². The predicted molar refractivity (Wildman–Crippen MR) is 208 cm³/mol. The zero-order valence-corrected chi connectivity index (χ0v) is 26.7. The Morgan fingerprint density at radius 3 is 1.45 bits per heavy atom. The Bertz CT molecular complexity index is 2860. The number of fused-ring (bicyclic) bond motifs is 7. The van der Waals surface area contributed by atoms with E-state index in [9.17, 15) is 1.37 Å². The van der Waals surface area contributed by atoms with Gasteiger partial charge in [0.1, 0.15) is 11.2 Å². The maximum absolute atomic E-state index is 9.52. The molecule has 0 aliphatic heterocycles. The number of benzene rings is 9. The highest BCUT2D eigenvalue weighted by atomic mass is 16.3. The molecular weight excluding hydrogens is 593 g/mol. The van der Waals surface area contributed by atoms with Gasteiger partial charge < -0.3 is 4.42 Å². The Kier molecular flexibility index (Phi) is 6.02. The Balaban J connectivity index is 1.20. The van der Waals surface area contributed by atoms with E-state index in [0.717, 1.165) is 49.4 Å². The van der Waals surface area contributed by atoms with Crippen molar-refractivity contribution in [3.8, 4) is 44.5 Å². The Morgan fingerprint density at radius 1 is 0.306 bits per heavy atom. The lowest BCUT2D eigenvalue weighted by atomic mass is 9.83. The zero-order valence-electron chi connectivity index (χ0n) is 27.7. The van der Waals surface area contributed by atoms with E-state index in [4.69, 9.17) is 4.42 Å². The molecule has 0 N–H and O–H groups in total. The van der Waals surface area contributed by atoms with Crippen LogP contribution in [0.1, 0.15) is 1.37 Å². The van der Waals surface area contributed by atoms with Gasteiger partial charge in [-0.15, -0.1) is 0 Å². The van der Waals surface area contributed by atoms with Crippen molar-refractivity contribution in [3.63, 3.8) is 0 Å². The predicted octanol–water partition coefficient (Wildman–Crippen LogP) is 13.7. The number of rotatable bonds is 4. The van der Waals surface area contributed by atoms with Crippen molar-refractivity contribution in [2.75, 3.05) is 0 Å². The standard InChI is InChI=1S/C48H30O/c1-2-14-31(15-3-1)34-16-4-6-19-37(34)47-40-22-9-7-20-38(40)46(39-21-8-10-23-41(39)47)33-28-26-32(27-29-33)43-30-44-36-18-12-13-25-45(36)49-48(44)42-24-11-5-17-35(42)43/h1-30H/i30D. The molecule has 228 valence electrons. The topological polar surface area (TPSA) is 13.1 Å². The fourth-order valence-electron chi connectivity index (χ4n) is 7.78. The molecule has 0 unspecified atom stereocenters. The first-order valence-corrected chi connectivity index (χ1v) is 16.8. The highest BCUT2D eigenvalue weighted by Crippen LogP contribution is 2.46. The van der Waals surface area contributed by atoms with Crippen molar-refractivity contribution in [1.82, 2.24) is 0 Å². The van der Waals surface area contributed by atoms with Crippen molar-refractivity contribution >= 4 is 54.3 Å². The summed E-state index contributed by atoms with van der Waals surface area (Å²) >= 11 is 0. The van der Waals surface area contributed by atoms with E-state index in [1.54, 1.807) is 0 Å². The molecule has 0 aliphatic rings. The van der Waals surface area contributed by atoms with Gasteiger partial charge in [-0.1, -0.05) is 170 Å². The molecule has 0 bridgehead atoms. The number of hydrogen-bond donors (Lipinski definition) is 0. The summed E-state index contributed by atoms with van der Waals surface area (Å²) in [5.41, 5.74) is 10.8. The fourth-order valence-corrected chi connectivity index (χ4v) is 7.78. The van der Waals surface area contributed by atoms with Gasteiger partial charge in [-0.25, -0.2) is 0 Å². The normalized spacial score (nSPS) is 12.0. The minimum Gasteiger partial charge on any atom is -0.455 e. The Morgan fingerprint density at radius 2 is 0.776 bits per heavy atom. The summed E-state index contributed by atoms with van der Waals surface area (Å²) in [7, 11) is 0.